The topological polar surface area (TPSA) is 26.3 Å². The first-order valence-electron chi connectivity index (χ1n) is 3.61. The van der Waals surface area contributed by atoms with Gasteiger partial charge in [-0.3, -0.25) is 4.79 Å². The Kier molecular flexibility index (Phi) is 2.42. The van der Waals surface area contributed by atoms with Gasteiger partial charge in [-0.2, -0.15) is 0 Å². The molecule has 2 nitrogen and oxygen atoms in total. The fraction of sp³-hybridized carbons (Fsp3) is 0.857. The smallest absolute Gasteiger partial charge is 0.309 e. The lowest BCUT2D eigenvalue weighted by Crippen LogP contribution is -2.09. The van der Waals surface area contributed by atoms with Crippen molar-refractivity contribution < 1.29 is 18.3 Å². The highest BCUT2D eigenvalue weighted by Crippen LogP contribution is 2.43. The first kappa shape index (κ1) is 8.43. The van der Waals surface area contributed by atoms with E-state index in [-0.39, 0.29) is 13.0 Å². The molecular formula is C7H10F2O2. The third-order valence-corrected chi connectivity index (χ3v) is 1.75. The SMILES string of the molecule is CCOC(=O)[C@H]1C[C@@H]1C(F)F. The Morgan fingerprint density at radius 2 is 2.36 bits per heavy atom. The summed E-state index contributed by atoms with van der Waals surface area (Å²) in [7, 11) is 0. The Hall–Kier alpha value is -0.670. The first-order valence-corrected chi connectivity index (χ1v) is 3.61. The molecule has 0 aromatic carbocycles. The molecule has 0 heterocycles. The minimum Gasteiger partial charge on any atom is -0.466 e. The van der Waals surface area contributed by atoms with E-state index < -0.39 is 24.2 Å². The molecule has 1 aliphatic rings. The van der Waals surface area contributed by atoms with Crippen LogP contribution in [0.2, 0.25) is 0 Å². The normalized spacial score (nSPS) is 28.7. The maximum Gasteiger partial charge on any atom is 0.309 e. The van der Waals surface area contributed by atoms with Gasteiger partial charge in [0, 0.05) is 5.92 Å². The van der Waals surface area contributed by atoms with Crippen molar-refractivity contribution in [3.05, 3.63) is 0 Å². The highest BCUT2D eigenvalue weighted by Gasteiger charge is 2.49. The number of carbonyl (C=O) groups is 1. The van der Waals surface area contributed by atoms with Crippen LogP contribution in [0.5, 0.6) is 0 Å². The van der Waals surface area contributed by atoms with E-state index in [4.69, 9.17) is 0 Å². The number of hydrogen-bond acceptors (Lipinski definition) is 2. The van der Waals surface area contributed by atoms with Crippen molar-refractivity contribution in [3.8, 4) is 0 Å². The Balaban J connectivity index is 2.26. The largest absolute Gasteiger partial charge is 0.466 e. The Bertz CT molecular complexity index is 159. The number of ether oxygens (including phenoxy) is 1. The number of rotatable bonds is 3. The van der Waals surface area contributed by atoms with Gasteiger partial charge in [0.05, 0.1) is 12.5 Å². The van der Waals surface area contributed by atoms with E-state index in [2.05, 4.69) is 4.74 Å². The van der Waals surface area contributed by atoms with Gasteiger partial charge in [-0.25, -0.2) is 8.78 Å². The van der Waals surface area contributed by atoms with Crippen LogP contribution in [0.3, 0.4) is 0 Å². The van der Waals surface area contributed by atoms with E-state index in [1.807, 2.05) is 0 Å². The molecule has 1 saturated carbocycles. The molecule has 1 fully saturated rings. The Morgan fingerprint density at radius 1 is 1.73 bits per heavy atom. The van der Waals surface area contributed by atoms with Crippen LogP contribution in [0.1, 0.15) is 13.3 Å². The van der Waals surface area contributed by atoms with Crippen molar-refractivity contribution in [1.82, 2.24) is 0 Å². The average molecular weight is 164 g/mol. The predicted octanol–water partition coefficient (Wildman–Crippen LogP) is 1.45. The van der Waals surface area contributed by atoms with Crippen molar-refractivity contribution in [2.75, 3.05) is 6.61 Å². The van der Waals surface area contributed by atoms with Gasteiger partial charge in [0.25, 0.3) is 0 Å². The summed E-state index contributed by atoms with van der Waals surface area (Å²) in [5.41, 5.74) is 0. The molecule has 11 heavy (non-hydrogen) atoms. The molecule has 0 aliphatic heterocycles. The molecule has 0 radical (unpaired) electrons. The molecule has 64 valence electrons. The highest BCUT2D eigenvalue weighted by atomic mass is 19.3. The fourth-order valence-corrected chi connectivity index (χ4v) is 1.01. The molecule has 1 rings (SSSR count). The molecule has 0 saturated heterocycles. The summed E-state index contributed by atoms with van der Waals surface area (Å²) in [5.74, 6) is -1.75. The van der Waals surface area contributed by atoms with Crippen molar-refractivity contribution in [2.24, 2.45) is 11.8 Å². The lowest BCUT2D eigenvalue weighted by molar-refractivity contribution is -0.145. The molecule has 4 heteroatoms. The zero-order chi connectivity index (χ0) is 8.43. The van der Waals surface area contributed by atoms with Gasteiger partial charge in [0.1, 0.15) is 0 Å². The number of alkyl halides is 2. The molecule has 2 atom stereocenters. The minimum atomic E-state index is -2.37. The maximum atomic E-state index is 11.9. The molecule has 0 aromatic rings. The summed E-state index contributed by atoms with van der Waals surface area (Å²) in [6, 6.07) is 0. The summed E-state index contributed by atoms with van der Waals surface area (Å²) in [6.07, 6.45) is -2.08. The van der Waals surface area contributed by atoms with Crippen LogP contribution in [0.15, 0.2) is 0 Å². The summed E-state index contributed by atoms with van der Waals surface area (Å²) in [6.45, 7) is 1.93. The molecule has 0 bridgehead atoms. The maximum absolute atomic E-state index is 11.9. The average Bonchev–Trinajstić information content (AvgIpc) is 2.65. The summed E-state index contributed by atoms with van der Waals surface area (Å²) in [4.78, 5) is 10.8. The monoisotopic (exact) mass is 164 g/mol. The standard InChI is InChI=1S/C7H10F2O2/c1-2-11-7(10)5-3-4(5)6(8)9/h4-6H,2-3H2,1H3/t4-,5-/m0/s1. The number of carbonyl (C=O) groups excluding carboxylic acids is 1. The Morgan fingerprint density at radius 3 is 2.73 bits per heavy atom. The van der Waals surface area contributed by atoms with Gasteiger partial charge in [0.15, 0.2) is 0 Å². The molecule has 1 aliphatic carbocycles. The van der Waals surface area contributed by atoms with Crippen molar-refractivity contribution in [2.45, 2.75) is 19.8 Å². The van der Waals surface area contributed by atoms with E-state index >= 15 is 0 Å². The first-order chi connectivity index (χ1) is 5.16. The van der Waals surface area contributed by atoms with E-state index in [1.165, 1.54) is 0 Å². The molecule has 0 spiro atoms. The zero-order valence-electron chi connectivity index (χ0n) is 6.22. The van der Waals surface area contributed by atoms with Crippen LogP contribution in [0.25, 0.3) is 0 Å². The lowest BCUT2D eigenvalue weighted by Gasteiger charge is -1.99. The third kappa shape index (κ3) is 1.88. The summed E-state index contributed by atoms with van der Waals surface area (Å²) < 4.78 is 28.3. The fourth-order valence-electron chi connectivity index (χ4n) is 1.01. The molecule has 0 N–H and O–H groups in total. The quantitative estimate of drug-likeness (QED) is 0.590. The molecule has 0 amide bonds. The van der Waals surface area contributed by atoms with Gasteiger partial charge in [-0.1, -0.05) is 0 Å². The van der Waals surface area contributed by atoms with Crippen LogP contribution in [-0.2, 0) is 9.53 Å². The van der Waals surface area contributed by atoms with Crippen LogP contribution in [0, 0.1) is 11.8 Å². The van der Waals surface area contributed by atoms with E-state index in [9.17, 15) is 13.6 Å². The van der Waals surface area contributed by atoms with Gasteiger partial charge in [0.2, 0.25) is 6.43 Å². The second-order valence-corrected chi connectivity index (χ2v) is 2.59. The number of halogens is 2. The molecule has 0 aromatic heterocycles. The van der Waals surface area contributed by atoms with E-state index in [0.29, 0.717) is 0 Å². The van der Waals surface area contributed by atoms with Crippen molar-refractivity contribution >= 4 is 5.97 Å². The van der Waals surface area contributed by atoms with E-state index in [1.54, 1.807) is 6.92 Å². The van der Waals surface area contributed by atoms with Gasteiger partial charge >= 0.3 is 5.97 Å². The zero-order valence-corrected chi connectivity index (χ0v) is 6.22. The van der Waals surface area contributed by atoms with Gasteiger partial charge in [-0.15, -0.1) is 0 Å². The predicted molar refractivity (Wildman–Crippen MR) is 34.2 cm³/mol. The van der Waals surface area contributed by atoms with E-state index in [0.717, 1.165) is 0 Å². The summed E-state index contributed by atoms with van der Waals surface area (Å²) >= 11 is 0. The summed E-state index contributed by atoms with van der Waals surface area (Å²) in [5, 5.41) is 0. The van der Waals surface area contributed by atoms with Gasteiger partial charge in [-0.05, 0) is 13.3 Å². The van der Waals surface area contributed by atoms with Gasteiger partial charge < -0.3 is 4.74 Å². The van der Waals surface area contributed by atoms with Crippen LogP contribution < -0.4 is 0 Å². The Labute approximate surface area is 63.5 Å². The second kappa shape index (κ2) is 3.15. The minimum absolute atomic E-state index is 0.269. The number of hydrogen-bond donors (Lipinski definition) is 0. The van der Waals surface area contributed by atoms with Crippen LogP contribution >= 0.6 is 0 Å². The number of esters is 1. The highest BCUT2D eigenvalue weighted by molar-refractivity contribution is 5.75. The van der Waals surface area contributed by atoms with Crippen molar-refractivity contribution in [3.63, 3.8) is 0 Å². The van der Waals surface area contributed by atoms with Crippen LogP contribution in [0.4, 0.5) is 8.78 Å². The van der Waals surface area contributed by atoms with Crippen LogP contribution in [-0.4, -0.2) is 19.0 Å². The molecule has 0 unspecified atom stereocenters. The van der Waals surface area contributed by atoms with Crippen molar-refractivity contribution in [1.29, 1.82) is 0 Å². The second-order valence-electron chi connectivity index (χ2n) is 2.59. The molecular weight excluding hydrogens is 154 g/mol. The lowest BCUT2D eigenvalue weighted by atomic mass is 10.3. The third-order valence-electron chi connectivity index (χ3n) is 1.75.